The first-order valence-electron chi connectivity index (χ1n) is 7.09. The fourth-order valence-corrected chi connectivity index (χ4v) is 2.44. The van der Waals surface area contributed by atoms with Crippen molar-refractivity contribution in [2.75, 3.05) is 6.61 Å². The lowest BCUT2D eigenvalue weighted by Gasteiger charge is -2.14. The molecule has 0 saturated heterocycles. The molecule has 0 spiro atoms. The highest BCUT2D eigenvalue weighted by molar-refractivity contribution is 5.79. The van der Waals surface area contributed by atoms with Gasteiger partial charge in [-0.25, -0.2) is 0 Å². The van der Waals surface area contributed by atoms with Crippen LogP contribution in [0.25, 0.3) is 0 Å². The van der Waals surface area contributed by atoms with E-state index >= 15 is 0 Å². The zero-order valence-electron chi connectivity index (χ0n) is 11.9. The van der Waals surface area contributed by atoms with Crippen molar-refractivity contribution in [1.82, 2.24) is 5.32 Å². The minimum Gasteiger partial charge on any atom is -0.484 e. The second kappa shape index (κ2) is 7.00. The van der Waals surface area contributed by atoms with Crippen molar-refractivity contribution in [3.05, 3.63) is 29.8 Å². The quantitative estimate of drug-likeness (QED) is 0.877. The third-order valence-electron chi connectivity index (χ3n) is 3.61. The van der Waals surface area contributed by atoms with Gasteiger partial charge in [0.05, 0.1) is 12.0 Å². The number of rotatable bonds is 5. The molecule has 122 valence electrons. The molecule has 1 aliphatic carbocycles. The normalized spacial score (nSPS) is 21.6. The molecule has 1 fully saturated rings. The van der Waals surface area contributed by atoms with Gasteiger partial charge in [-0.15, -0.1) is 0 Å². The zero-order valence-corrected chi connectivity index (χ0v) is 11.9. The Morgan fingerprint density at radius 1 is 1.27 bits per heavy atom. The van der Waals surface area contributed by atoms with E-state index in [2.05, 4.69) is 10.1 Å². The molecular weight excluding hydrogens is 299 g/mol. The highest BCUT2D eigenvalue weighted by atomic mass is 19.4. The van der Waals surface area contributed by atoms with Gasteiger partial charge in [-0.2, -0.15) is 13.2 Å². The molecule has 2 rings (SSSR count). The summed E-state index contributed by atoms with van der Waals surface area (Å²) in [5.74, 6) is -0.435. The van der Waals surface area contributed by atoms with Crippen LogP contribution >= 0.6 is 0 Å². The van der Waals surface area contributed by atoms with Crippen LogP contribution in [0, 0.1) is 5.92 Å². The molecular formula is C15H18F3NO3. The molecule has 0 heterocycles. The lowest BCUT2D eigenvalue weighted by molar-refractivity contribution is -0.153. The van der Waals surface area contributed by atoms with Gasteiger partial charge in [-0.05, 0) is 37.0 Å². The van der Waals surface area contributed by atoms with Gasteiger partial charge in [-0.3, -0.25) is 4.79 Å². The number of amides is 1. The van der Waals surface area contributed by atoms with Crippen molar-refractivity contribution >= 4 is 5.91 Å². The molecule has 1 aromatic carbocycles. The first-order valence-corrected chi connectivity index (χ1v) is 7.09. The van der Waals surface area contributed by atoms with Crippen LogP contribution in [-0.4, -0.2) is 29.9 Å². The molecule has 2 atom stereocenters. The highest BCUT2D eigenvalue weighted by Crippen LogP contribution is 2.25. The van der Waals surface area contributed by atoms with Crippen molar-refractivity contribution in [1.29, 1.82) is 0 Å². The maximum absolute atomic E-state index is 12.0. The monoisotopic (exact) mass is 317 g/mol. The summed E-state index contributed by atoms with van der Waals surface area (Å²) >= 11 is 0. The summed E-state index contributed by atoms with van der Waals surface area (Å²) in [5.41, 5.74) is 0.750. The lowest BCUT2D eigenvalue weighted by atomic mass is 10.1. The number of ether oxygens (including phenoxy) is 1. The Kier molecular flexibility index (Phi) is 5.28. The Bertz CT molecular complexity index is 502. The summed E-state index contributed by atoms with van der Waals surface area (Å²) in [5, 5.41) is 12.4. The lowest BCUT2D eigenvalue weighted by Crippen LogP contribution is -2.34. The maximum Gasteiger partial charge on any atom is 0.422 e. The summed E-state index contributed by atoms with van der Waals surface area (Å²) in [6, 6.07) is 6.05. The zero-order chi connectivity index (χ0) is 16.2. The number of hydrogen-bond acceptors (Lipinski definition) is 3. The predicted molar refractivity (Wildman–Crippen MR) is 73.2 cm³/mol. The van der Waals surface area contributed by atoms with E-state index in [-0.39, 0.29) is 24.1 Å². The van der Waals surface area contributed by atoms with Gasteiger partial charge in [0.25, 0.3) is 0 Å². The summed E-state index contributed by atoms with van der Waals surface area (Å²) in [6.45, 7) is -1.07. The van der Waals surface area contributed by atoms with Crippen LogP contribution in [0.5, 0.6) is 5.75 Å². The van der Waals surface area contributed by atoms with Crippen LogP contribution in [0.4, 0.5) is 13.2 Å². The number of alkyl halides is 3. The van der Waals surface area contributed by atoms with Crippen LogP contribution in [-0.2, 0) is 11.3 Å². The number of hydrogen-bond donors (Lipinski definition) is 2. The minimum atomic E-state index is -4.37. The Labute approximate surface area is 126 Å². The van der Waals surface area contributed by atoms with E-state index in [1.807, 2.05) is 0 Å². The molecule has 1 aliphatic rings. The third kappa shape index (κ3) is 4.91. The first-order chi connectivity index (χ1) is 10.3. The molecule has 2 unspecified atom stereocenters. The van der Waals surface area contributed by atoms with E-state index < -0.39 is 18.9 Å². The average molecular weight is 317 g/mol. The van der Waals surface area contributed by atoms with Crippen molar-refractivity contribution in [3.8, 4) is 5.75 Å². The van der Waals surface area contributed by atoms with Gasteiger partial charge in [0, 0.05) is 6.54 Å². The van der Waals surface area contributed by atoms with Crippen LogP contribution in [0.3, 0.4) is 0 Å². The van der Waals surface area contributed by atoms with Gasteiger partial charge < -0.3 is 15.2 Å². The molecule has 0 aromatic heterocycles. The topological polar surface area (TPSA) is 58.6 Å². The maximum atomic E-state index is 12.0. The van der Waals surface area contributed by atoms with E-state index in [9.17, 15) is 23.1 Å². The fourth-order valence-electron chi connectivity index (χ4n) is 2.44. The molecule has 1 amide bonds. The van der Waals surface area contributed by atoms with Crippen molar-refractivity contribution in [2.45, 2.75) is 38.1 Å². The Balaban J connectivity index is 1.80. The summed E-state index contributed by atoms with van der Waals surface area (Å²) in [4.78, 5) is 11.9. The molecule has 0 bridgehead atoms. The van der Waals surface area contributed by atoms with Gasteiger partial charge in [0.15, 0.2) is 6.61 Å². The van der Waals surface area contributed by atoms with Gasteiger partial charge in [0.1, 0.15) is 5.75 Å². The summed E-state index contributed by atoms with van der Waals surface area (Å²) in [6.07, 6.45) is -2.79. The van der Waals surface area contributed by atoms with Crippen LogP contribution in [0.15, 0.2) is 24.3 Å². The van der Waals surface area contributed by atoms with E-state index in [1.54, 1.807) is 12.1 Å². The molecule has 0 aliphatic heterocycles. The number of carbonyl (C=O) groups excluding carboxylic acids is 1. The Morgan fingerprint density at radius 3 is 2.50 bits per heavy atom. The molecule has 0 radical (unpaired) electrons. The SMILES string of the molecule is O=C(NCc1ccc(OCC(F)(F)F)cc1)C1CCCC1O. The van der Waals surface area contributed by atoms with Gasteiger partial charge >= 0.3 is 6.18 Å². The predicted octanol–water partition coefficient (Wildman–Crippen LogP) is 2.40. The largest absolute Gasteiger partial charge is 0.484 e. The minimum absolute atomic E-state index is 0.124. The van der Waals surface area contributed by atoms with E-state index in [4.69, 9.17) is 0 Å². The molecule has 7 heteroatoms. The van der Waals surface area contributed by atoms with Gasteiger partial charge in [-0.1, -0.05) is 12.1 Å². The number of benzene rings is 1. The van der Waals surface area contributed by atoms with Crippen molar-refractivity contribution in [2.24, 2.45) is 5.92 Å². The van der Waals surface area contributed by atoms with E-state index in [1.165, 1.54) is 12.1 Å². The second-order valence-electron chi connectivity index (χ2n) is 5.37. The molecule has 1 saturated carbocycles. The number of aliphatic hydroxyl groups is 1. The standard InChI is InChI=1S/C15H18F3NO3/c16-15(17,18)9-22-11-6-4-10(5-7-11)8-19-14(21)12-2-1-3-13(12)20/h4-7,12-13,20H,1-3,8-9H2,(H,19,21). The van der Waals surface area contributed by atoms with Crippen LogP contribution in [0.1, 0.15) is 24.8 Å². The molecule has 2 N–H and O–H groups in total. The molecule has 22 heavy (non-hydrogen) atoms. The number of carbonyl (C=O) groups is 1. The molecule has 1 aromatic rings. The number of aliphatic hydroxyl groups excluding tert-OH is 1. The van der Waals surface area contributed by atoms with E-state index in [0.717, 1.165) is 12.0 Å². The summed E-state index contributed by atoms with van der Waals surface area (Å²) in [7, 11) is 0. The number of halogens is 3. The van der Waals surface area contributed by atoms with Crippen molar-refractivity contribution < 1.29 is 27.8 Å². The Hall–Kier alpha value is -1.76. The smallest absolute Gasteiger partial charge is 0.422 e. The second-order valence-corrected chi connectivity index (χ2v) is 5.37. The Morgan fingerprint density at radius 2 is 1.95 bits per heavy atom. The molecule has 4 nitrogen and oxygen atoms in total. The fraction of sp³-hybridized carbons (Fsp3) is 0.533. The van der Waals surface area contributed by atoms with Crippen molar-refractivity contribution in [3.63, 3.8) is 0 Å². The summed E-state index contributed by atoms with van der Waals surface area (Å²) < 4.78 is 40.7. The van der Waals surface area contributed by atoms with Gasteiger partial charge in [0.2, 0.25) is 5.91 Å². The van der Waals surface area contributed by atoms with Crippen LogP contribution in [0.2, 0.25) is 0 Å². The third-order valence-corrected chi connectivity index (χ3v) is 3.61. The van der Waals surface area contributed by atoms with E-state index in [0.29, 0.717) is 12.8 Å². The number of nitrogens with one attached hydrogen (secondary N) is 1. The first kappa shape index (κ1) is 16.6. The highest BCUT2D eigenvalue weighted by Gasteiger charge is 2.31. The average Bonchev–Trinajstić information content (AvgIpc) is 2.89. The van der Waals surface area contributed by atoms with Crippen LogP contribution < -0.4 is 10.1 Å².